The van der Waals surface area contributed by atoms with Crippen LogP contribution in [0.1, 0.15) is 111 Å². The standard InChI is InChI=1S/C47H63NO9/c1-26-18-20-31(21-19-26)41-48(42(51)57-43(5,6)7)37(30-16-14-13-15-17-30)38(56-41)32(49)24-54-33-23-47(52)29(4)39-45(10)25-55-34(45)22-35(53-12)46(39,11)40(50)28(3)36(27(33)2)44(47,8)9/h13-21,28-29,33-35,37-39,41,52H,22-25H2,1-12H3/t28-,29+,33+,34-,35+,37+,38?,39?,41?,45-,46-,47-/m1/s1. The van der Waals surface area contributed by atoms with Gasteiger partial charge in [0, 0.05) is 42.3 Å². The predicted molar refractivity (Wildman–Crippen MR) is 215 cm³/mol. The third-order valence-corrected chi connectivity index (χ3v) is 14.8. The highest BCUT2D eigenvalue weighted by molar-refractivity contribution is 5.91. The molecular formula is C47H63NO9. The SMILES string of the molecule is CO[C@H]1C[C@H]2OC[C@@]2(C)C2[C@H](C)[C@]3(O)C[C@H](OCC(=O)C4OC(c5ccc(C)cc5)N(C(=O)OC(C)(C)C)[C@H]4c4ccccc4)C(C)=C([C@@H](C)C(=O)[C@@]21C)C3(C)C. The number of carbonyl (C=O) groups is 3. The Morgan fingerprint density at radius 1 is 0.965 bits per heavy atom. The molecule has 7 rings (SSSR count). The topological polar surface area (TPSA) is 121 Å². The van der Waals surface area contributed by atoms with Gasteiger partial charge in [-0.25, -0.2) is 4.79 Å². The molecule has 3 unspecified atom stereocenters. The summed E-state index contributed by atoms with van der Waals surface area (Å²) in [7, 11) is 1.67. The van der Waals surface area contributed by atoms with Gasteiger partial charge in [0.05, 0.1) is 42.0 Å². The number of nitrogens with zero attached hydrogens (tertiary/aromatic N) is 1. The number of methoxy groups -OCH3 is 1. The molecule has 0 spiro atoms. The van der Waals surface area contributed by atoms with Crippen molar-refractivity contribution in [2.24, 2.45) is 34.0 Å². The molecule has 5 aliphatic rings. The van der Waals surface area contributed by atoms with E-state index in [9.17, 15) is 14.7 Å². The Morgan fingerprint density at radius 3 is 2.19 bits per heavy atom. The van der Waals surface area contributed by atoms with Gasteiger partial charge in [-0.2, -0.15) is 0 Å². The van der Waals surface area contributed by atoms with Gasteiger partial charge in [-0.05, 0) is 70.1 Å². The largest absolute Gasteiger partial charge is 0.444 e. The van der Waals surface area contributed by atoms with Crippen LogP contribution in [-0.4, -0.2) is 83.6 Å². The van der Waals surface area contributed by atoms with Crippen molar-refractivity contribution < 1.29 is 43.2 Å². The first-order valence-electron chi connectivity index (χ1n) is 20.7. The number of aliphatic hydroxyl groups is 1. The van der Waals surface area contributed by atoms with E-state index in [1.54, 1.807) is 7.11 Å². The summed E-state index contributed by atoms with van der Waals surface area (Å²) in [5.74, 6) is -1.37. The van der Waals surface area contributed by atoms with Crippen LogP contribution in [0.5, 0.6) is 0 Å². The summed E-state index contributed by atoms with van der Waals surface area (Å²) in [6.07, 6.45) is -2.81. The van der Waals surface area contributed by atoms with Crippen molar-refractivity contribution in [1.82, 2.24) is 4.90 Å². The number of ketones is 2. The minimum absolute atomic E-state index is 0.0739. The molecular weight excluding hydrogens is 723 g/mol. The number of rotatable bonds is 7. The van der Waals surface area contributed by atoms with Crippen LogP contribution in [-0.2, 0) is 33.3 Å². The number of amides is 1. The number of hydrogen-bond donors (Lipinski definition) is 1. The molecule has 2 aliphatic heterocycles. The highest BCUT2D eigenvalue weighted by atomic mass is 16.6. The molecule has 2 heterocycles. The Bertz CT molecular complexity index is 1920. The lowest BCUT2D eigenvalue weighted by Crippen LogP contribution is -2.74. The van der Waals surface area contributed by atoms with Gasteiger partial charge in [0.2, 0.25) is 0 Å². The molecule has 1 amide bonds. The summed E-state index contributed by atoms with van der Waals surface area (Å²) >= 11 is 0. The maximum Gasteiger partial charge on any atom is 0.413 e. The zero-order valence-corrected chi connectivity index (χ0v) is 35.9. The lowest BCUT2D eigenvalue weighted by molar-refractivity contribution is -0.304. The molecule has 2 aromatic rings. The molecule has 4 fully saturated rings. The lowest BCUT2D eigenvalue weighted by Gasteiger charge is -2.69. The number of ether oxygens (including phenoxy) is 5. The van der Waals surface area contributed by atoms with Crippen molar-refractivity contribution in [2.75, 3.05) is 20.3 Å². The van der Waals surface area contributed by atoms with E-state index in [0.717, 1.165) is 22.3 Å². The van der Waals surface area contributed by atoms with E-state index in [1.807, 2.05) is 96.1 Å². The van der Waals surface area contributed by atoms with Gasteiger partial charge in [-0.3, -0.25) is 14.5 Å². The Kier molecular flexibility index (Phi) is 10.5. The van der Waals surface area contributed by atoms with E-state index in [-0.39, 0.29) is 54.1 Å². The van der Waals surface area contributed by atoms with Crippen LogP contribution in [0.4, 0.5) is 4.79 Å². The molecule has 57 heavy (non-hydrogen) atoms. The molecule has 1 N–H and O–H groups in total. The van der Waals surface area contributed by atoms with Crippen LogP contribution < -0.4 is 0 Å². The fraction of sp³-hybridized carbons (Fsp3) is 0.638. The second kappa shape index (κ2) is 14.4. The summed E-state index contributed by atoms with van der Waals surface area (Å²) in [4.78, 5) is 45.4. The van der Waals surface area contributed by atoms with E-state index in [1.165, 1.54) is 4.90 Å². The van der Waals surface area contributed by atoms with Crippen LogP contribution >= 0.6 is 0 Å². The first-order valence-corrected chi connectivity index (χ1v) is 20.7. The minimum atomic E-state index is -1.31. The average Bonchev–Trinajstić information content (AvgIpc) is 3.55. The Balaban J connectivity index is 1.25. The van der Waals surface area contributed by atoms with Gasteiger partial charge in [-0.15, -0.1) is 0 Å². The smallest absolute Gasteiger partial charge is 0.413 e. The van der Waals surface area contributed by atoms with E-state index < -0.39 is 58.5 Å². The highest BCUT2D eigenvalue weighted by Gasteiger charge is 2.72. The first kappa shape index (κ1) is 41.7. The van der Waals surface area contributed by atoms with Gasteiger partial charge in [0.25, 0.3) is 0 Å². The van der Waals surface area contributed by atoms with Crippen LogP contribution in [0.3, 0.4) is 0 Å². The Hall–Kier alpha value is -3.41. The number of benzene rings is 2. The van der Waals surface area contributed by atoms with Crippen molar-refractivity contribution in [2.45, 2.75) is 137 Å². The number of aryl methyl sites for hydroxylation is 1. The molecule has 2 saturated carbocycles. The van der Waals surface area contributed by atoms with E-state index >= 15 is 4.79 Å². The van der Waals surface area contributed by atoms with Crippen molar-refractivity contribution in [3.8, 4) is 0 Å². The molecule has 2 aromatic carbocycles. The average molecular weight is 786 g/mol. The quantitative estimate of drug-likeness (QED) is 0.278. The fourth-order valence-electron chi connectivity index (χ4n) is 12.0. The fourth-order valence-corrected chi connectivity index (χ4v) is 12.0. The number of fused-ring (bicyclic) bond motifs is 5. The van der Waals surface area contributed by atoms with Crippen molar-refractivity contribution in [3.63, 3.8) is 0 Å². The zero-order valence-electron chi connectivity index (χ0n) is 35.9. The second-order valence-electron chi connectivity index (χ2n) is 19.6. The summed E-state index contributed by atoms with van der Waals surface area (Å²) < 4.78 is 31.5. The van der Waals surface area contributed by atoms with E-state index in [2.05, 4.69) is 34.6 Å². The third-order valence-electron chi connectivity index (χ3n) is 14.8. The van der Waals surface area contributed by atoms with Crippen molar-refractivity contribution in [3.05, 3.63) is 82.4 Å². The third kappa shape index (κ3) is 6.44. The van der Waals surface area contributed by atoms with Crippen molar-refractivity contribution >= 4 is 17.7 Å². The van der Waals surface area contributed by atoms with Crippen LogP contribution in [0, 0.1) is 40.9 Å². The second-order valence-corrected chi connectivity index (χ2v) is 19.6. The molecule has 10 heteroatoms. The minimum Gasteiger partial charge on any atom is -0.444 e. The molecule has 3 aliphatic carbocycles. The van der Waals surface area contributed by atoms with E-state index in [0.29, 0.717) is 18.6 Å². The van der Waals surface area contributed by atoms with Crippen LogP contribution in [0.15, 0.2) is 65.7 Å². The first-order chi connectivity index (χ1) is 26.6. The number of Topliss-reactive ketones (excluding diaryl/α,β-unsaturated/α-hetero) is 2. The normalized spacial score (nSPS) is 38.7. The lowest BCUT2D eigenvalue weighted by atomic mass is 9.40. The molecule has 2 bridgehead atoms. The van der Waals surface area contributed by atoms with Gasteiger partial charge >= 0.3 is 6.09 Å². The van der Waals surface area contributed by atoms with Crippen LogP contribution in [0.2, 0.25) is 0 Å². The summed E-state index contributed by atoms with van der Waals surface area (Å²) in [6.45, 7) is 22.0. The summed E-state index contributed by atoms with van der Waals surface area (Å²) in [5.41, 5.74) is 0.121. The maximum absolute atomic E-state index is 15.1. The molecule has 310 valence electrons. The highest BCUT2D eigenvalue weighted by Crippen LogP contribution is 2.68. The van der Waals surface area contributed by atoms with Gasteiger partial charge in [-0.1, -0.05) is 94.8 Å². The molecule has 10 nitrogen and oxygen atoms in total. The number of hydrogen-bond acceptors (Lipinski definition) is 9. The Labute approximate surface area is 338 Å². The van der Waals surface area contributed by atoms with Crippen LogP contribution in [0.25, 0.3) is 0 Å². The van der Waals surface area contributed by atoms with Crippen molar-refractivity contribution in [1.29, 1.82) is 0 Å². The summed E-state index contributed by atoms with van der Waals surface area (Å²) in [5, 5.41) is 13.3. The van der Waals surface area contributed by atoms with Gasteiger partial charge in [0.1, 0.15) is 24.1 Å². The maximum atomic E-state index is 15.1. The van der Waals surface area contributed by atoms with Gasteiger partial charge in [0.15, 0.2) is 12.0 Å². The number of carbonyl (C=O) groups excluding carboxylic acids is 3. The molecule has 12 atom stereocenters. The predicted octanol–water partition coefficient (Wildman–Crippen LogP) is 8.10. The molecule has 0 aromatic heterocycles. The Morgan fingerprint density at radius 2 is 1.61 bits per heavy atom. The molecule has 0 radical (unpaired) electrons. The summed E-state index contributed by atoms with van der Waals surface area (Å²) in [6, 6.07) is 16.3. The van der Waals surface area contributed by atoms with Gasteiger partial charge < -0.3 is 28.8 Å². The molecule has 2 saturated heterocycles. The van der Waals surface area contributed by atoms with E-state index in [4.69, 9.17) is 23.7 Å². The monoisotopic (exact) mass is 785 g/mol. The zero-order chi connectivity index (χ0) is 41.6.